The maximum Gasteiger partial charge on any atom is 0.379 e. The molecule has 0 aliphatic rings. The van der Waals surface area contributed by atoms with Crippen LogP contribution in [0, 0.1) is 0 Å². The Morgan fingerprint density at radius 2 is 2.05 bits per heavy atom. The number of methoxy groups -OCH3 is 2. The van der Waals surface area contributed by atoms with Crippen molar-refractivity contribution in [1.29, 1.82) is 0 Å². The van der Waals surface area contributed by atoms with Crippen molar-refractivity contribution in [1.82, 2.24) is 10.1 Å². The zero-order valence-electron chi connectivity index (χ0n) is 10.5. The van der Waals surface area contributed by atoms with Gasteiger partial charge in [-0.1, -0.05) is 18.2 Å². The lowest BCUT2D eigenvalue weighted by atomic mass is 10.2. The molecule has 98 valence electrons. The van der Waals surface area contributed by atoms with E-state index in [0.717, 1.165) is 11.3 Å². The average Bonchev–Trinajstić information content (AvgIpc) is 2.93. The van der Waals surface area contributed by atoms with Crippen LogP contribution in [-0.2, 0) is 4.74 Å². The van der Waals surface area contributed by atoms with E-state index in [4.69, 9.17) is 9.26 Å². The second-order valence-corrected chi connectivity index (χ2v) is 3.52. The molecule has 0 N–H and O–H groups in total. The fourth-order valence-corrected chi connectivity index (χ4v) is 1.44. The highest BCUT2D eigenvalue weighted by Gasteiger charge is 2.13. The Balaban J connectivity index is 2.18. The summed E-state index contributed by atoms with van der Waals surface area (Å²) < 4.78 is 14.6. The van der Waals surface area contributed by atoms with Crippen molar-refractivity contribution in [3.8, 4) is 5.75 Å². The number of hydrogen-bond donors (Lipinski definition) is 0. The summed E-state index contributed by atoms with van der Waals surface area (Å²) in [5.74, 6) is 0.195. The van der Waals surface area contributed by atoms with Crippen molar-refractivity contribution in [2.24, 2.45) is 0 Å². The second kappa shape index (κ2) is 5.81. The fraction of sp³-hybridized carbons (Fsp3) is 0.154. The van der Waals surface area contributed by atoms with Crippen molar-refractivity contribution < 1.29 is 18.8 Å². The van der Waals surface area contributed by atoms with Crippen LogP contribution >= 0.6 is 0 Å². The van der Waals surface area contributed by atoms with Crippen LogP contribution in [0.3, 0.4) is 0 Å². The summed E-state index contributed by atoms with van der Waals surface area (Å²) in [5.41, 5.74) is 0.864. The first-order valence-electron chi connectivity index (χ1n) is 5.47. The maximum atomic E-state index is 11.2. The summed E-state index contributed by atoms with van der Waals surface area (Å²) in [6.07, 6.45) is 3.35. The highest BCUT2D eigenvalue weighted by Crippen LogP contribution is 2.19. The molecule has 0 aliphatic heterocycles. The van der Waals surface area contributed by atoms with E-state index < -0.39 is 5.97 Å². The van der Waals surface area contributed by atoms with Gasteiger partial charge in [-0.2, -0.15) is 4.98 Å². The summed E-state index contributed by atoms with van der Waals surface area (Å²) >= 11 is 0. The number of rotatable bonds is 4. The number of ether oxygens (including phenoxy) is 2. The molecule has 0 bridgehead atoms. The molecule has 6 heteroatoms. The summed E-state index contributed by atoms with van der Waals surface area (Å²) in [4.78, 5) is 15.0. The molecule has 0 saturated heterocycles. The number of para-hydroxylation sites is 1. The van der Waals surface area contributed by atoms with E-state index in [0.29, 0.717) is 0 Å². The summed E-state index contributed by atoms with van der Waals surface area (Å²) in [7, 11) is 2.85. The van der Waals surface area contributed by atoms with Gasteiger partial charge in [0.25, 0.3) is 11.7 Å². The molecular weight excluding hydrogens is 248 g/mol. The predicted molar refractivity (Wildman–Crippen MR) is 67.6 cm³/mol. The molecule has 0 aliphatic carbocycles. The highest BCUT2D eigenvalue weighted by atomic mass is 16.5. The largest absolute Gasteiger partial charge is 0.496 e. The second-order valence-electron chi connectivity index (χ2n) is 3.52. The van der Waals surface area contributed by atoms with Crippen molar-refractivity contribution in [3.05, 3.63) is 41.5 Å². The van der Waals surface area contributed by atoms with Crippen molar-refractivity contribution in [2.45, 2.75) is 0 Å². The number of esters is 1. The number of carbonyl (C=O) groups excluding carboxylic acids is 1. The molecular formula is C13H12N2O4. The van der Waals surface area contributed by atoms with E-state index in [-0.39, 0.29) is 11.7 Å². The van der Waals surface area contributed by atoms with Gasteiger partial charge in [0.05, 0.1) is 14.2 Å². The predicted octanol–water partition coefficient (Wildman–Crippen LogP) is 2.04. The SMILES string of the molecule is COC(=O)c1noc(/C=C/c2ccccc2OC)n1. The third-order valence-corrected chi connectivity index (χ3v) is 2.35. The van der Waals surface area contributed by atoms with Crippen molar-refractivity contribution >= 4 is 18.1 Å². The smallest absolute Gasteiger partial charge is 0.379 e. The monoisotopic (exact) mass is 260 g/mol. The van der Waals surface area contributed by atoms with E-state index in [2.05, 4.69) is 14.9 Å². The fourth-order valence-electron chi connectivity index (χ4n) is 1.44. The van der Waals surface area contributed by atoms with Gasteiger partial charge in [-0.15, -0.1) is 0 Å². The average molecular weight is 260 g/mol. The van der Waals surface area contributed by atoms with E-state index in [9.17, 15) is 4.79 Å². The van der Waals surface area contributed by atoms with Crippen LogP contribution in [0.2, 0.25) is 0 Å². The molecule has 1 aromatic carbocycles. The van der Waals surface area contributed by atoms with Crippen molar-refractivity contribution in [3.63, 3.8) is 0 Å². The third-order valence-electron chi connectivity index (χ3n) is 2.35. The van der Waals surface area contributed by atoms with Crippen LogP contribution in [0.1, 0.15) is 22.1 Å². The highest BCUT2D eigenvalue weighted by molar-refractivity contribution is 5.85. The molecule has 2 rings (SSSR count). The first-order valence-corrected chi connectivity index (χ1v) is 5.47. The molecule has 0 fully saturated rings. The Bertz CT molecular complexity index is 604. The molecule has 0 saturated carbocycles. The molecule has 6 nitrogen and oxygen atoms in total. The minimum atomic E-state index is -0.638. The Labute approximate surface area is 109 Å². The Hall–Kier alpha value is -2.63. The van der Waals surface area contributed by atoms with Gasteiger partial charge in [-0.3, -0.25) is 0 Å². The minimum Gasteiger partial charge on any atom is -0.496 e. The first kappa shape index (κ1) is 12.8. The van der Waals surface area contributed by atoms with Gasteiger partial charge in [-0.05, 0) is 17.3 Å². The van der Waals surface area contributed by atoms with Crippen molar-refractivity contribution in [2.75, 3.05) is 14.2 Å². The lowest BCUT2D eigenvalue weighted by Gasteiger charge is -2.02. The molecule has 0 atom stereocenters. The van der Waals surface area contributed by atoms with Gasteiger partial charge >= 0.3 is 5.97 Å². The zero-order chi connectivity index (χ0) is 13.7. The van der Waals surface area contributed by atoms with Gasteiger partial charge in [0.2, 0.25) is 0 Å². The quantitative estimate of drug-likeness (QED) is 0.783. The molecule has 1 heterocycles. The van der Waals surface area contributed by atoms with Gasteiger partial charge in [0.15, 0.2) is 0 Å². The zero-order valence-corrected chi connectivity index (χ0v) is 10.5. The number of nitrogens with zero attached hydrogens (tertiary/aromatic N) is 2. The number of aromatic nitrogens is 2. The summed E-state index contributed by atoms with van der Waals surface area (Å²) in [6.45, 7) is 0. The van der Waals surface area contributed by atoms with Crippen LogP contribution in [0.25, 0.3) is 12.2 Å². The van der Waals surface area contributed by atoms with Crippen LogP contribution in [0.15, 0.2) is 28.8 Å². The Kier molecular flexibility index (Phi) is 3.92. The van der Waals surface area contributed by atoms with Gasteiger partial charge in [-0.25, -0.2) is 4.79 Å². The lowest BCUT2D eigenvalue weighted by molar-refractivity contribution is 0.0583. The first-order chi connectivity index (χ1) is 9.24. The van der Waals surface area contributed by atoms with E-state index in [1.807, 2.05) is 24.3 Å². The molecule has 19 heavy (non-hydrogen) atoms. The van der Waals surface area contributed by atoms with Gasteiger partial charge in [0, 0.05) is 11.6 Å². The van der Waals surface area contributed by atoms with E-state index >= 15 is 0 Å². The summed E-state index contributed by atoms with van der Waals surface area (Å²) in [6, 6.07) is 7.48. The normalized spacial score (nSPS) is 10.6. The number of benzene rings is 1. The lowest BCUT2D eigenvalue weighted by Crippen LogP contribution is -2.03. The van der Waals surface area contributed by atoms with E-state index in [1.165, 1.54) is 7.11 Å². The summed E-state index contributed by atoms with van der Waals surface area (Å²) in [5, 5.41) is 3.50. The maximum absolute atomic E-state index is 11.2. The molecule has 0 spiro atoms. The van der Waals surface area contributed by atoms with Crippen LogP contribution < -0.4 is 4.74 Å². The van der Waals surface area contributed by atoms with Gasteiger partial charge < -0.3 is 14.0 Å². The van der Waals surface area contributed by atoms with E-state index in [1.54, 1.807) is 19.3 Å². The molecule has 0 unspecified atom stereocenters. The molecule has 1 aromatic heterocycles. The van der Waals surface area contributed by atoms with Gasteiger partial charge in [0.1, 0.15) is 5.75 Å². The standard InChI is InChI=1S/C13H12N2O4/c1-17-10-6-4-3-5-9(10)7-8-11-14-12(15-19-11)13(16)18-2/h3-8H,1-2H3/b8-7+. The number of carbonyl (C=O) groups is 1. The molecule has 2 aromatic rings. The minimum absolute atomic E-state index is 0.109. The number of hydrogen-bond acceptors (Lipinski definition) is 6. The Morgan fingerprint density at radius 1 is 1.26 bits per heavy atom. The third kappa shape index (κ3) is 2.98. The Morgan fingerprint density at radius 3 is 2.79 bits per heavy atom. The van der Waals surface area contributed by atoms with Crippen LogP contribution in [-0.4, -0.2) is 30.3 Å². The molecule has 0 amide bonds. The molecule has 0 radical (unpaired) electrons. The van der Waals surface area contributed by atoms with Crippen LogP contribution in [0.5, 0.6) is 5.75 Å². The van der Waals surface area contributed by atoms with Crippen LogP contribution in [0.4, 0.5) is 0 Å². The topological polar surface area (TPSA) is 74.5 Å².